The zero-order valence-electron chi connectivity index (χ0n) is 13.6. The Hall–Kier alpha value is -2.80. The molecule has 0 aliphatic heterocycles. The van der Waals surface area contributed by atoms with Gasteiger partial charge in [0, 0.05) is 18.0 Å². The molecule has 0 saturated heterocycles. The second kappa shape index (κ2) is 7.18. The predicted molar refractivity (Wildman–Crippen MR) is 88.5 cm³/mol. The summed E-state index contributed by atoms with van der Waals surface area (Å²) in [6.45, 7) is 4.34. The molecule has 0 fully saturated rings. The van der Waals surface area contributed by atoms with Crippen LogP contribution in [0.25, 0.3) is 11.4 Å². The number of pyridine rings is 1. The van der Waals surface area contributed by atoms with Crippen LogP contribution in [0.3, 0.4) is 0 Å². The van der Waals surface area contributed by atoms with Crippen LogP contribution in [0, 0.1) is 13.8 Å². The third-order valence-corrected chi connectivity index (χ3v) is 3.52. The fourth-order valence-corrected chi connectivity index (χ4v) is 2.22. The zero-order valence-corrected chi connectivity index (χ0v) is 13.6. The highest BCUT2D eigenvalue weighted by Gasteiger charge is 2.12. The Morgan fingerprint density at radius 3 is 2.92 bits per heavy atom. The molecule has 1 atom stereocenters. The molecule has 0 aliphatic carbocycles. The highest BCUT2D eigenvalue weighted by Crippen LogP contribution is 2.19. The topological polar surface area (TPSA) is 86.0 Å². The Balaban J connectivity index is 1.58. The summed E-state index contributed by atoms with van der Waals surface area (Å²) in [6, 6.07) is 9.64. The maximum Gasteiger partial charge on any atom is 0.206 e. The van der Waals surface area contributed by atoms with Crippen molar-refractivity contribution in [3.8, 4) is 17.1 Å². The number of ether oxygens (including phenoxy) is 1. The number of nitrogens with zero attached hydrogens (tertiary/aromatic N) is 5. The van der Waals surface area contributed by atoms with Gasteiger partial charge in [-0.05, 0) is 48.4 Å². The first-order chi connectivity index (χ1) is 11.6. The Bertz CT molecular complexity index is 804. The second-order valence-corrected chi connectivity index (χ2v) is 5.64. The van der Waals surface area contributed by atoms with Crippen molar-refractivity contribution in [2.24, 2.45) is 0 Å². The quantitative estimate of drug-likeness (QED) is 0.743. The number of benzene rings is 1. The van der Waals surface area contributed by atoms with Gasteiger partial charge < -0.3 is 9.84 Å². The average molecular weight is 325 g/mol. The van der Waals surface area contributed by atoms with E-state index in [0.717, 1.165) is 22.4 Å². The minimum Gasteiger partial charge on any atom is -0.491 e. The molecule has 1 N–H and O–H groups in total. The number of rotatable bonds is 6. The fourth-order valence-electron chi connectivity index (χ4n) is 2.22. The van der Waals surface area contributed by atoms with E-state index in [1.54, 1.807) is 12.4 Å². The molecule has 124 valence electrons. The molecule has 1 aromatic carbocycles. The lowest BCUT2D eigenvalue weighted by Crippen LogP contribution is -2.25. The number of hydrogen-bond donors (Lipinski definition) is 1. The van der Waals surface area contributed by atoms with Crippen LogP contribution in [-0.2, 0) is 6.54 Å². The monoisotopic (exact) mass is 325 g/mol. The maximum atomic E-state index is 10.1. The Morgan fingerprint density at radius 1 is 1.25 bits per heavy atom. The van der Waals surface area contributed by atoms with Gasteiger partial charge in [0.1, 0.15) is 18.5 Å². The van der Waals surface area contributed by atoms with E-state index in [1.807, 2.05) is 44.2 Å². The van der Waals surface area contributed by atoms with E-state index >= 15 is 0 Å². The highest BCUT2D eigenvalue weighted by molar-refractivity contribution is 5.51. The van der Waals surface area contributed by atoms with Gasteiger partial charge in [0.25, 0.3) is 0 Å². The van der Waals surface area contributed by atoms with Crippen LogP contribution in [0.15, 0.2) is 42.7 Å². The van der Waals surface area contributed by atoms with Crippen LogP contribution in [0.1, 0.15) is 11.1 Å². The van der Waals surface area contributed by atoms with Gasteiger partial charge in [-0.1, -0.05) is 12.1 Å². The van der Waals surface area contributed by atoms with Crippen LogP contribution in [0.2, 0.25) is 0 Å². The minimum atomic E-state index is -0.735. The number of aliphatic hydroxyl groups excluding tert-OH is 1. The van der Waals surface area contributed by atoms with Crippen molar-refractivity contribution in [3.05, 3.63) is 53.9 Å². The summed E-state index contributed by atoms with van der Waals surface area (Å²) < 4.78 is 5.69. The minimum absolute atomic E-state index is 0.161. The molecule has 0 amide bonds. The van der Waals surface area contributed by atoms with Crippen LogP contribution >= 0.6 is 0 Å². The molecule has 2 aromatic heterocycles. The summed E-state index contributed by atoms with van der Waals surface area (Å²) in [4.78, 5) is 5.38. The first kappa shape index (κ1) is 16.1. The molecule has 0 spiro atoms. The summed E-state index contributed by atoms with van der Waals surface area (Å²) in [5, 5.41) is 22.3. The van der Waals surface area contributed by atoms with Gasteiger partial charge in [0.2, 0.25) is 5.82 Å². The van der Waals surface area contributed by atoms with E-state index in [-0.39, 0.29) is 13.2 Å². The molecule has 7 nitrogen and oxygen atoms in total. The number of aryl methyl sites for hydroxylation is 2. The van der Waals surface area contributed by atoms with Crippen molar-refractivity contribution >= 4 is 0 Å². The lowest BCUT2D eigenvalue weighted by Gasteiger charge is -2.13. The summed E-state index contributed by atoms with van der Waals surface area (Å²) in [6.07, 6.45) is 2.62. The van der Waals surface area contributed by atoms with Gasteiger partial charge in [-0.25, -0.2) is 0 Å². The molecule has 24 heavy (non-hydrogen) atoms. The van der Waals surface area contributed by atoms with E-state index in [2.05, 4.69) is 20.4 Å². The van der Waals surface area contributed by atoms with Crippen LogP contribution in [0.5, 0.6) is 5.75 Å². The largest absolute Gasteiger partial charge is 0.491 e. The van der Waals surface area contributed by atoms with Crippen molar-refractivity contribution in [3.63, 3.8) is 0 Å². The van der Waals surface area contributed by atoms with E-state index < -0.39 is 6.10 Å². The lowest BCUT2D eigenvalue weighted by atomic mass is 10.1. The second-order valence-electron chi connectivity index (χ2n) is 5.64. The summed E-state index contributed by atoms with van der Waals surface area (Å²) in [5.74, 6) is 1.25. The zero-order chi connectivity index (χ0) is 16.9. The molecule has 0 radical (unpaired) electrons. The third kappa shape index (κ3) is 3.94. The molecule has 2 heterocycles. The van der Waals surface area contributed by atoms with Crippen molar-refractivity contribution in [2.75, 3.05) is 6.61 Å². The van der Waals surface area contributed by atoms with Gasteiger partial charge in [-0.3, -0.25) is 4.98 Å². The van der Waals surface area contributed by atoms with Gasteiger partial charge >= 0.3 is 0 Å². The summed E-state index contributed by atoms with van der Waals surface area (Å²) in [7, 11) is 0. The van der Waals surface area contributed by atoms with Crippen molar-refractivity contribution in [2.45, 2.75) is 26.5 Å². The molecular weight excluding hydrogens is 306 g/mol. The van der Waals surface area contributed by atoms with Crippen LogP contribution < -0.4 is 4.74 Å². The van der Waals surface area contributed by atoms with Gasteiger partial charge in [-0.2, -0.15) is 4.80 Å². The first-order valence-electron chi connectivity index (χ1n) is 7.68. The molecule has 1 unspecified atom stereocenters. The van der Waals surface area contributed by atoms with Crippen molar-refractivity contribution in [1.82, 2.24) is 25.2 Å². The standard InChI is InChI=1S/C17H19N5O2/c1-12-5-6-13(2)16(8-12)24-11-15(23)10-22-20-17(19-21-22)14-4-3-7-18-9-14/h3-9,15,23H,10-11H2,1-2H3. The highest BCUT2D eigenvalue weighted by atomic mass is 16.5. The van der Waals surface area contributed by atoms with E-state index in [1.165, 1.54) is 4.80 Å². The predicted octanol–water partition coefficient (Wildman–Crippen LogP) is 1.79. The van der Waals surface area contributed by atoms with Crippen molar-refractivity contribution in [1.29, 1.82) is 0 Å². The number of hydrogen-bond acceptors (Lipinski definition) is 6. The average Bonchev–Trinajstić information content (AvgIpc) is 3.05. The number of aliphatic hydroxyl groups is 1. The number of tetrazole rings is 1. The summed E-state index contributed by atoms with van der Waals surface area (Å²) in [5.41, 5.74) is 2.93. The molecule has 0 saturated carbocycles. The molecule has 3 aromatic rings. The first-order valence-corrected chi connectivity index (χ1v) is 7.68. The van der Waals surface area contributed by atoms with Crippen molar-refractivity contribution < 1.29 is 9.84 Å². The van der Waals surface area contributed by atoms with Crippen LogP contribution in [0.4, 0.5) is 0 Å². The lowest BCUT2D eigenvalue weighted by molar-refractivity contribution is 0.0846. The van der Waals surface area contributed by atoms with E-state index in [0.29, 0.717) is 5.82 Å². The number of aromatic nitrogens is 5. The van der Waals surface area contributed by atoms with Gasteiger partial charge in [-0.15, -0.1) is 10.2 Å². The molecule has 7 heteroatoms. The normalized spacial score (nSPS) is 12.1. The van der Waals surface area contributed by atoms with Gasteiger partial charge in [0.15, 0.2) is 0 Å². The smallest absolute Gasteiger partial charge is 0.206 e. The fraction of sp³-hybridized carbons (Fsp3) is 0.294. The molecule has 0 bridgehead atoms. The Labute approximate surface area is 139 Å². The van der Waals surface area contributed by atoms with E-state index in [4.69, 9.17) is 4.74 Å². The Morgan fingerprint density at radius 2 is 2.12 bits per heavy atom. The molecule has 0 aliphatic rings. The van der Waals surface area contributed by atoms with Crippen LogP contribution in [-0.4, -0.2) is 43.0 Å². The Kier molecular flexibility index (Phi) is 4.81. The third-order valence-electron chi connectivity index (χ3n) is 3.52. The molecule has 3 rings (SSSR count). The van der Waals surface area contributed by atoms with E-state index in [9.17, 15) is 5.11 Å². The summed E-state index contributed by atoms with van der Waals surface area (Å²) >= 11 is 0. The molecular formula is C17H19N5O2. The maximum absolute atomic E-state index is 10.1. The SMILES string of the molecule is Cc1ccc(C)c(OCC(O)Cn2nnc(-c3cccnc3)n2)c1. The van der Waals surface area contributed by atoms with Gasteiger partial charge in [0.05, 0.1) is 6.54 Å².